The molecule has 0 atom stereocenters. The zero-order valence-corrected chi connectivity index (χ0v) is 13.1. The summed E-state index contributed by atoms with van der Waals surface area (Å²) >= 11 is 0. The fourth-order valence-corrected chi connectivity index (χ4v) is 2.21. The van der Waals surface area contributed by atoms with Crippen molar-refractivity contribution in [3.8, 4) is 6.07 Å². The number of hydrogen-bond acceptors (Lipinski definition) is 5. The fraction of sp³-hybridized carbons (Fsp3) is 0.0500. The van der Waals surface area contributed by atoms with Gasteiger partial charge in [-0.05, 0) is 35.9 Å². The molecular formula is C20H13NO4. The number of Topliss-reactive ketones (excluding diaryl/α,β-unsaturated/α-hetero) is 1. The Morgan fingerprint density at radius 3 is 2.60 bits per heavy atom. The van der Waals surface area contributed by atoms with Crippen LogP contribution in [0, 0.1) is 11.3 Å². The minimum absolute atomic E-state index is 0.157. The molecule has 3 rings (SSSR count). The van der Waals surface area contributed by atoms with Crippen molar-refractivity contribution in [3.63, 3.8) is 0 Å². The van der Waals surface area contributed by atoms with Gasteiger partial charge in [-0.1, -0.05) is 30.3 Å². The summed E-state index contributed by atoms with van der Waals surface area (Å²) in [5.74, 6) is -0.879. The molecule has 0 saturated carbocycles. The van der Waals surface area contributed by atoms with Crippen LogP contribution in [0.3, 0.4) is 0 Å². The predicted molar refractivity (Wildman–Crippen MR) is 91.7 cm³/mol. The zero-order valence-electron chi connectivity index (χ0n) is 13.1. The molecule has 0 aliphatic carbocycles. The number of carbonyl (C=O) groups excluding carboxylic acids is 2. The van der Waals surface area contributed by atoms with E-state index in [1.165, 1.54) is 6.08 Å². The highest BCUT2D eigenvalue weighted by atomic mass is 16.5. The first-order valence-corrected chi connectivity index (χ1v) is 7.52. The second-order valence-electron chi connectivity index (χ2n) is 5.25. The number of furan rings is 1. The largest absolute Gasteiger partial charge is 0.454 e. The van der Waals surface area contributed by atoms with E-state index in [1.54, 1.807) is 42.5 Å². The van der Waals surface area contributed by atoms with Crippen LogP contribution in [-0.4, -0.2) is 18.4 Å². The molecule has 2 aromatic carbocycles. The first-order valence-electron chi connectivity index (χ1n) is 7.52. The number of esters is 1. The van der Waals surface area contributed by atoms with Crippen molar-refractivity contribution in [2.75, 3.05) is 6.61 Å². The molecule has 0 N–H and O–H groups in total. The Balaban J connectivity index is 1.56. The maximum absolute atomic E-state index is 12.0. The number of ether oxygens (including phenoxy) is 1. The summed E-state index contributed by atoms with van der Waals surface area (Å²) in [6.07, 6.45) is 2.78. The van der Waals surface area contributed by atoms with Gasteiger partial charge in [-0.2, -0.15) is 5.26 Å². The molecule has 0 spiro atoms. The smallest absolute Gasteiger partial charge is 0.331 e. The van der Waals surface area contributed by atoms with E-state index in [-0.39, 0.29) is 5.76 Å². The molecule has 0 aliphatic heterocycles. The molecule has 122 valence electrons. The number of ketones is 1. The van der Waals surface area contributed by atoms with Gasteiger partial charge in [0.15, 0.2) is 12.4 Å². The molecule has 0 radical (unpaired) electrons. The van der Waals surface area contributed by atoms with Crippen molar-refractivity contribution < 1.29 is 18.7 Å². The monoisotopic (exact) mass is 331 g/mol. The molecule has 0 amide bonds. The second kappa shape index (κ2) is 7.28. The Morgan fingerprint density at radius 1 is 1.12 bits per heavy atom. The van der Waals surface area contributed by atoms with E-state index in [0.717, 1.165) is 10.9 Å². The van der Waals surface area contributed by atoms with Crippen LogP contribution >= 0.6 is 0 Å². The quantitative estimate of drug-likeness (QED) is 0.404. The molecule has 0 bridgehead atoms. The van der Waals surface area contributed by atoms with Crippen molar-refractivity contribution in [3.05, 3.63) is 77.6 Å². The average molecular weight is 331 g/mol. The lowest BCUT2D eigenvalue weighted by Gasteiger charge is -1.99. The van der Waals surface area contributed by atoms with Gasteiger partial charge < -0.3 is 9.15 Å². The highest BCUT2D eigenvalue weighted by Gasteiger charge is 2.13. The molecule has 0 saturated heterocycles. The summed E-state index contributed by atoms with van der Waals surface area (Å²) in [6, 6.07) is 17.6. The van der Waals surface area contributed by atoms with Crippen LogP contribution < -0.4 is 0 Å². The van der Waals surface area contributed by atoms with Crippen LogP contribution in [0.25, 0.3) is 17.0 Å². The third-order valence-electron chi connectivity index (χ3n) is 3.50. The molecule has 5 nitrogen and oxygen atoms in total. The van der Waals surface area contributed by atoms with Gasteiger partial charge in [0.05, 0.1) is 11.6 Å². The maximum atomic E-state index is 12.0. The van der Waals surface area contributed by atoms with Crippen LogP contribution in [0.2, 0.25) is 0 Å². The van der Waals surface area contributed by atoms with Gasteiger partial charge in [0.2, 0.25) is 5.78 Å². The van der Waals surface area contributed by atoms with Crippen molar-refractivity contribution in [1.82, 2.24) is 0 Å². The highest BCUT2D eigenvalue weighted by molar-refractivity contribution is 5.99. The number of benzene rings is 2. The molecule has 0 aliphatic rings. The van der Waals surface area contributed by atoms with E-state index in [4.69, 9.17) is 14.4 Å². The molecule has 5 heteroatoms. The molecule has 1 heterocycles. The Kier molecular flexibility index (Phi) is 4.72. The van der Waals surface area contributed by atoms with Crippen molar-refractivity contribution in [2.45, 2.75) is 0 Å². The van der Waals surface area contributed by atoms with E-state index < -0.39 is 18.4 Å². The second-order valence-corrected chi connectivity index (χ2v) is 5.25. The number of fused-ring (bicyclic) bond motifs is 1. The minimum Gasteiger partial charge on any atom is -0.454 e. The van der Waals surface area contributed by atoms with Gasteiger partial charge in [-0.3, -0.25) is 4.79 Å². The molecule has 0 fully saturated rings. The van der Waals surface area contributed by atoms with E-state index in [9.17, 15) is 9.59 Å². The highest BCUT2D eigenvalue weighted by Crippen LogP contribution is 2.19. The minimum atomic E-state index is -0.631. The lowest BCUT2D eigenvalue weighted by atomic mass is 10.1. The molecule has 0 unspecified atom stereocenters. The lowest BCUT2D eigenvalue weighted by molar-refractivity contribution is -0.136. The Morgan fingerprint density at radius 2 is 1.88 bits per heavy atom. The Hall–Kier alpha value is -3.65. The number of hydrogen-bond donors (Lipinski definition) is 0. The summed E-state index contributed by atoms with van der Waals surface area (Å²) < 4.78 is 10.4. The van der Waals surface area contributed by atoms with Gasteiger partial charge in [-0.15, -0.1) is 0 Å². The first-order chi connectivity index (χ1) is 12.2. The van der Waals surface area contributed by atoms with Crippen molar-refractivity contribution in [2.24, 2.45) is 0 Å². The standard InChI is InChI=1S/C20H13NO4/c21-12-15-7-5-14(6-8-15)9-10-20(23)24-13-17(22)19-11-16-3-1-2-4-18(16)25-19/h1-11H,13H2/b10-9+. The number of nitriles is 1. The summed E-state index contributed by atoms with van der Waals surface area (Å²) in [4.78, 5) is 23.7. The third kappa shape index (κ3) is 4.01. The van der Waals surface area contributed by atoms with E-state index >= 15 is 0 Å². The maximum Gasteiger partial charge on any atom is 0.331 e. The average Bonchev–Trinajstić information content (AvgIpc) is 3.09. The summed E-state index contributed by atoms with van der Waals surface area (Å²) in [5.41, 5.74) is 1.90. The summed E-state index contributed by atoms with van der Waals surface area (Å²) in [7, 11) is 0. The normalized spacial score (nSPS) is 10.7. The van der Waals surface area contributed by atoms with Gasteiger partial charge in [0.1, 0.15) is 5.58 Å². The van der Waals surface area contributed by atoms with Crippen molar-refractivity contribution >= 4 is 28.8 Å². The topological polar surface area (TPSA) is 80.3 Å². The molecule has 1 aromatic heterocycles. The van der Waals surface area contributed by atoms with Crippen molar-refractivity contribution in [1.29, 1.82) is 5.26 Å². The zero-order chi connectivity index (χ0) is 17.6. The van der Waals surface area contributed by atoms with Gasteiger partial charge in [0.25, 0.3) is 0 Å². The Bertz CT molecular complexity index is 957. The van der Waals surface area contributed by atoms with Gasteiger partial charge in [0, 0.05) is 11.5 Å². The lowest BCUT2D eigenvalue weighted by Crippen LogP contribution is -2.11. The number of para-hydroxylation sites is 1. The van der Waals surface area contributed by atoms with E-state index in [0.29, 0.717) is 11.1 Å². The van der Waals surface area contributed by atoms with Gasteiger partial charge >= 0.3 is 5.97 Å². The van der Waals surface area contributed by atoms with Crippen LogP contribution in [0.4, 0.5) is 0 Å². The summed E-state index contributed by atoms with van der Waals surface area (Å²) in [6.45, 7) is -0.392. The third-order valence-corrected chi connectivity index (χ3v) is 3.50. The SMILES string of the molecule is N#Cc1ccc(/C=C/C(=O)OCC(=O)c2cc3ccccc3o2)cc1. The first kappa shape index (κ1) is 16.2. The van der Waals surface area contributed by atoms with Crippen LogP contribution in [0.5, 0.6) is 0 Å². The van der Waals surface area contributed by atoms with Crippen LogP contribution in [0.15, 0.2) is 65.1 Å². The Labute approximate surface area is 143 Å². The van der Waals surface area contributed by atoms with Crippen LogP contribution in [-0.2, 0) is 9.53 Å². The molecule has 25 heavy (non-hydrogen) atoms. The van der Waals surface area contributed by atoms with Crippen LogP contribution in [0.1, 0.15) is 21.7 Å². The van der Waals surface area contributed by atoms with E-state index in [2.05, 4.69) is 0 Å². The summed E-state index contributed by atoms with van der Waals surface area (Å²) in [5, 5.41) is 9.54. The van der Waals surface area contributed by atoms with Gasteiger partial charge in [-0.25, -0.2) is 4.79 Å². The number of carbonyl (C=O) groups is 2. The predicted octanol–water partition coefficient (Wildman–Crippen LogP) is 3.74. The number of rotatable bonds is 5. The van der Waals surface area contributed by atoms with E-state index in [1.807, 2.05) is 24.3 Å². The molecular weight excluding hydrogens is 318 g/mol. The fourth-order valence-electron chi connectivity index (χ4n) is 2.21. The molecule has 3 aromatic rings. The number of nitrogens with zero attached hydrogens (tertiary/aromatic N) is 1.